The molecule has 1 amide bonds. The Morgan fingerprint density at radius 1 is 1.36 bits per heavy atom. The van der Waals surface area contributed by atoms with Gasteiger partial charge >= 0.3 is 0 Å². The number of aryl methyl sites for hydroxylation is 2. The zero-order chi connectivity index (χ0) is 17.4. The van der Waals surface area contributed by atoms with Crippen molar-refractivity contribution in [3.8, 4) is 0 Å². The summed E-state index contributed by atoms with van der Waals surface area (Å²) in [5.74, 6) is 2.35. The Morgan fingerprint density at radius 2 is 2.20 bits per heavy atom. The first-order valence-corrected chi connectivity index (χ1v) is 9.63. The molecule has 3 heterocycles. The molecule has 3 fully saturated rings. The van der Waals surface area contributed by atoms with E-state index in [9.17, 15) is 4.79 Å². The minimum atomic E-state index is -0.0479. The van der Waals surface area contributed by atoms with Crippen LogP contribution < -0.4 is 0 Å². The van der Waals surface area contributed by atoms with Crippen molar-refractivity contribution in [2.45, 2.75) is 52.1 Å². The second-order valence-electron chi connectivity index (χ2n) is 8.13. The lowest BCUT2D eigenvalue weighted by Crippen LogP contribution is -2.58. The summed E-state index contributed by atoms with van der Waals surface area (Å²) in [4.78, 5) is 15.0. The third-order valence-corrected chi connectivity index (χ3v) is 5.99. The van der Waals surface area contributed by atoms with E-state index in [2.05, 4.69) is 0 Å². The van der Waals surface area contributed by atoms with E-state index in [0.29, 0.717) is 17.9 Å². The molecule has 5 nitrogen and oxygen atoms in total. The predicted molar refractivity (Wildman–Crippen MR) is 93.7 cm³/mol. The van der Waals surface area contributed by atoms with E-state index in [4.69, 9.17) is 13.9 Å². The molecule has 1 aliphatic carbocycles. The first-order chi connectivity index (χ1) is 12.1. The van der Waals surface area contributed by atoms with Crippen LogP contribution in [0.25, 0.3) is 0 Å². The van der Waals surface area contributed by atoms with Gasteiger partial charge in [0.15, 0.2) is 0 Å². The monoisotopic (exact) mass is 347 g/mol. The smallest absolute Gasteiger partial charge is 0.257 e. The number of rotatable bonds is 5. The lowest BCUT2D eigenvalue weighted by atomic mass is 9.73. The Kier molecular flexibility index (Phi) is 4.63. The molecule has 0 N–H and O–H groups in total. The SMILES string of the molecule is Cc1cc(C(=O)N2CC[C@H]3OCCC[C@@]3(COCC3CC3)C2)c(C)o1. The van der Waals surface area contributed by atoms with Crippen molar-refractivity contribution in [1.82, 2.24) is 4.90 Å². The zero-order valence-electron chi connectivity index (χ0n) is 15.4. The number of hydrogen-bond donors (Lipinski definition) is 0. The lowest BCUT2D eigenvalue weighted by molar-refractivity contribution is -0.147. The molecule has 138 valence electrons. The van der Waals surface area contributed by atoms with Gasteiger partial charge in [-0.2, -0.15) is 0 Å². The first-order valence-electron chi connectivity index (χ1n) is 9.63. The average molecular weight is 347 g/mol. The number of furan rings is 1. The fraction of sp³-hybridized carbons (Fsp3) is 0.750. The molecule has 0 aromatic carbocycles. The van der Waals surface area contributed by atoms with E-state index in [-0.39, 0.29) is 17.4 Å². The molecular weight excluding hydrogens is 318 g/mol. The molecule has 3 aliphatic rings. The highest BCUT2D eigenvalue weighted by Crippen LogP contribution is 2.41. The summed E-state index contributed by atoms with van der Waals surface area (Å²) >= 11 is 0. The predicted octanol–water partition coefficient (Wildman–Crippen LogP) is 3.33. The van der Waals surface area contributed by atoms with Crippen LogP contribution in [-0.4, -0.2) is 49.8 Å². The Hall–Kier alpha value is -1.33. The van der Waals surface area contributed by atoms with Gasteiger partial charge < -0.3 is 18.8 Å². The number of likely N-dealkylation sites (tertiary alicyclic amines) is 1. The molecule has 1 aromatic rings. The van der Waals surface area contributed by atoms with Crippen molar-refractivity contribution in [1.29, 1.82) is 0 Å². The van der Waals surface area contributed by atoms with Crippen LogP contribution in [0.4, 0.5) is 0 Å². The molecule has 2 atom stereocenters. The highest BCUT2D eigenvalue weighted by Gasteiger charge is 2.47. The first kappa shape index (κ1) is 17.1. The maximum Gasteiger partial charge on any atom is 0.257 e. The fourth-order valence-electron chi connectivity index (χ4n) is 4.40. The molecule has 4 rings (SSSR count). The van der Waals surface area contributed by atoms with Crippen molar-refractivity contribution in [2.24, 2.45) is 11.3 Å². The molecule has 0 spiro atoms. The number of carbonyl (C=O) groups excluding carboxylic acids is 1. The van der Waals surface area contributed by atoms with E-state index in [1.807, 2.05) is 24.8 Å². The zero-order valence-corrected chi connectivity index (χ0v) is 15.4. The van der Waals surface area contributed by atoms with Gasteiger partial charge in [-0.1, -0.05) is 0 Å². The second kappa shape index (κ2) is 6.76. The summed E-state index contributed by atoms with van der Waals surface area (Å²) in [5, 5.41) is 0. The van der Waals surface area contributed by atoms with Crippen molar-refractivity contribution in [3.05, 3.63) is 23.2 Å². The van der Waals surface area contributed by atoms with Crippen molar-refractivity contribution < 1.29 is 18.7 Å². The van der Waals surface area contributed by atoms with Crippen LogP contribution >= 0.6 is 0 Å². The summed E-state index contributed by atoms with van der Waals surface area (Å²) in [6, 6.07) is 1.86. The summed E-state index contributed by atoms with van der Waals surface area (Å²) < 4.78 is 17.7. The van der Waals surface area contributed by atoms with Gasteiger partial charge in [-0.25, -0.2) is 0 Å². The van der Waals surface area contributed by atoms with E-state index in [1.165, 1.54) is 12.8 Å². The quantitative estimate of drug-likeness (QED) is 0.820. The van der Waals surface area contributed by atoms with Crippen LogP contribution in [-0.2, 0) is 9.47 Å². The van der Waals surface area contributed by atoms with Crippen molar-refractivity contribution >= 4 is 5.91 Å². The van der Waals surface area contributed by atoms with Gasteiger partial charge in [-0.3, -0.25) is 4.79 Å². The highest BCUT2D eigenvalue weighted by atomic mass is 16.5. The molecule has 2 aliphatic heterocycles. The Bertz CT molecular complexity index is 636. The fourth-order valence-corrected chi connectivity index (χ4v) is 4.40. The van der Waals surface area contributed by atoms with E-state index >= 15 is 0 Å². The summed E-state index contributed by atoms with van der Waals surface area (Å²) in [7, 11) is 0. The normalized spacial score (nSPS) is 29.5. The second-order valence-corrected chi connectivity index (χ2v) is 8.13. The number of fused-ring (bicyclic) bond motifs is 1. The van der Waals surface area contributed by atoms with Crippen LogP contribution in [0.15, 0.2) is 10.5 Å². The minimum Gasteiger partial charge on any atom is -0.466 e. The van der Waals surface area contributed by atoms with E-state index in [0.717, 1.165) is 57.2 Å². The molecule has 5 heteroatoms. The van der Waals surface area contributed by atoms with Gasteiger partial charge in [-0.15, -0.1) is 0 Å². The molecule has 25 heavy (non-hydrogen) atoms. The summed E-state index contributed by atoms with van der Waals surface area (Å²) in [6.45, 7) is 7.64. The largest absolute Gasteiger partial charge is 0.466 e. The van der Waals surface area contributed by atoms with Crippen LogP contribution in [0.5, 0.6) is 0 Å². The number of carbonyl (C=O) groups is 1. The molecule has 2 saturated heterocycles. The summed E-state index contributed by atoms with van der Waals surface area (Å²) in [5.41, 5.74) is 0.648. The highest BCUT2D eigenvalue weighted by molar-refractivity contribution is 5.95. The van der Waals surface area contributed by atoms with Crippen LogP contribution in [0.2, 0.25) is 0 Å². The van der Waals surface area contributed by atoms with Crippen LogP contribution in [0.1, 0.15) is 54.0 Å². The van der Waals surface area contributed by atoms with Gasteiger partial charge in [0.1, 0.15) is 11.5 Å². The number of hydrogen-bond acceptors (Lipinski definition) is 4. The average Bonchev–Trinajstić information content (AvgIpc) is 3.36. The Balaban J connectivity index is 1.48. The Morgan fingerprint density at radius 3 is 2.92 bits per heavy atom. The molecular formula is C20H29NO4. The van der Waals surface area contributed by atoms with E-state index in [1.54, 1.807) is 0 Å². The lowest BCUT2D eigenvalue weighted by Gasteiger charge is -2.50. The maximum atomic E-state index is 13.0. The van der Waals surface area contributed by atoms with Gasteiger partial charge in [0.05, 0.1) is 18.3 Å². The Labute approximate surface area is 149 Å². The molecule has 0 radical (unpaired) electrons. The number of ether oxygens (including phenoxy) is 2. The van der Waals surface area contributed by atoms with Gasteiger partial charge in [-0.05, 0) is 57.9 Å². The third kappa shape index (κ3) is 3.49. The van der Waals surface area contributed by atoms with Crippen molar-refractivity contribution in [3.63, 3.8) is 0 Å². The molecule has 1 aromatic heterocycles. The maximum absolute atomic E-state index is 13.0. The number of nitrogens with zero attached hydrogens (tertiary/aromatic N) is 1. The molecule has 1 saturated carbocycles. The van der Waals surface area contributed by atoms with Crippen LogP contribution in [0.3, 0.4) is 0 Å². The van der Waals surface area contributed by atoms with E-state index < -0.39 is 0 Å². The summed E-state index contributed by atoms with van der Waals surface area (Å²) in [6.07, 6.45) is 5.85. The topological polar surface area (TPSA) is 51.9 Å². The number of amides is 1. The molecule has 0 unspecified atom stereocenters. The van der Waals surface area contributed by atoms with Gasteiger partial charge in [0.25, 0.3) is 5.91 Å². The standard InChI is InChI=1S/C20H29NO4/c1-14-10-17(15(2)25-14)19(22)21-8-6-18-20(12-21,7-3-9-24-18)13-23-11-16-4-5-16/h10,16,18H,3-9,11-13H2,1-2H3/t18-,20+/m1/s1. The molecule has 0 bridgehead atoms. The van der Waals surface area contributed by atoms with Crippen LogP contribution in [0, 0.1) is 25.2 Å². The van der Waals surface area contributed by atoms with Crippen molar-refractivity contribution in [2.75, 3.05) is 32.9 Å². The third-order valence-electron chi connectivity index (χ3n) is 5.99. The minimum absolute atomic E-state index is 0.0479. The van der Waals surface area contributed by atoms with Gasteiger partial charge in [0, 0.05) is 31.7 Å². The van der Waals surface area contributed by atoms with Gasteiger partial charge in [0.2, 0.25) is 0 Å². The number of piperidine rings is 1.